The summed E-state index contributed by atoms with van der Waals surface area (Å²) < 4.78 is 13.1. The number of hydrogen-bond acceptors (Lipinski definition) is 2. The summed E-state index contributed by atoms with van der Waals surface area (Å²) >= 11 is 0. The first-order chi connectivity index (χ1) is 6.50. The van der Waals surface area contributed by atoms with Gasteiger partial charge in [-0.05, 0) is 23.8 Å². The zero-order valence-corrected chi connectivity index (χ0v) is 9.37. The lowest BCUT2D eigenvalue weighted by Crippen LogP contribution is -3.00. The number of aliphatic carboxylic acids is 1. The lowest BCUT2D eigenvalue weighted by molar-refractivity contribution is -0.407. The van der Waals surface area contributed by atoms with Gasteiger partial charge in [0.2, 0.25) is 0 Å². The Labute approximate surface area is 96.3 Å². The van der Waals surface area contributed by atoms with Crippen LogP contribution in [0.25, 0.3) is 0 Å². The fraction of sp³-hybridized carbons (Fsp3) is 0.222. The van der Waals surface area contributed by atoms with Crippen molar-refractivity contribution in [2.75, 3.05) is 0 Å². The molecule has 84 valence electrons. The number of rotatable bonds is 3. The molecule has 0 aliphatic carbocycles. The Hall–Kier alpha value is -1.14. The molecule has 1 rings (SSSR count). The molecule has 0 fully saturated rings. The smallest absolute Gasteiger partial charge is 0.362 e. The monoisotopic (exact) mass is 279 g/mol. The Morgan fingerprint density at radius 3 is 2.67 bits per heavy atom. The van der Waals surface area contributed by atoms with E-state index in [1.54, 1.807) is 0 Å². The van der Waals surface area contributed by atoms with Gasteiger partial charge in [0, 0.05) is 6.42 Å². The summed E-state index contributed by atoms with van der Waals surface area (Å²) in [4.78, 5) is 10.5. The highest BCUT2D eigenvalue weighted by Crippen LogP contribution is 2.16. The molecule has 0 saturated heterocycles. The topological polar surface area (TPSA) is 85.2 Å². The first-order valence-electron chi connectivity index (χ1n) is 4.04. The minimum absolute atomic E-state index is 0. The van der Waals surface area contributed by atoms with Gasteiger partial charge in [0.05, 0.1) is 0 Å². The van der Waals surface area contributed by atoms with Crippen LogP contribution in [-0.4, -0.2) is 22.2 Å². The van der Waals surface area contributed by atoms with E-state index in [4.69, 9.17) is 10.2 Å². The summed E-state index contributed by atoms with van der Waals surface area (Å²) in [6, 6.07) is 2.60. The van der Waals surface area contributed by atoms with E-state index in [1.807, 2.05) is 0 Å². The maximum atomic E-state index is 13.1. The first-order valence-corrected chi connectivity index (χ1v) is 4.04. The van der Waals surface area contributed by atoms with Crippen molar-refractivity contribution in [2.24, 2.45) is 0 Å². The summed E-state index contributed by atoms with van der Waals surface area (Å²) in [5, 5.41) is 17.6. The van der Waals surface area contributed by atoms with E-state index in [0.717, 1.165) is 6.07 Å². The Balaban J connectivity index is 0.00000196. The third kappa shape index (κ3) is 3.85. The van der Waals surface area contributed by atoms with Gasteiger partial charge in [-0.15, -0.1) is 0 Å². The molecular weight excluding hydrogens is 269 g/mol. The second kappa shape index (κ2) is 5.67. The van der Waals surface area contributed by atoms with Gasteiger partial charge in [0.25, 0.3) is 0 Å². The van der Waals surface area contributed by atoms with E-state index >= 15 is 0 Å². The molecule has 5 N–H and O–H groups in total. The number of benzene rings is 1. The van der Waals surface area contributed by atoms with Crippen LogP contribution in [0.15, 0.2) is 18.2 Å². The molecular formula is C9H11BrFNO3. The Morgan fingerprint density at radius 1 is 1.53 bits per heavy atom. The molecule has 1 aromatic carbocycles. The van der Waals surface area contributed by atoms with Crippen LogP contribution in [0.2, 0.25) is 0 Å². The summed E-state index contributed by atoms with van der Waals surface area (Å²) in [6.45, 7) is 0. The average molecular weight is 280 g/mol. The van der Waals surface area contributed by atoms with Gasteiger partial charge in [-0.3, -0.25) is 0 Å². The maximum absolute atomic E-state index is 13.1. The minimum atomic E-state index is -1.09. The van der Waals surface area contributed by atoms with Gasteiger partial charge in [-0.25, -0.2) is 9.18 Å². The van der Waals surface area contributed by atoms with Crippen molar-refractivity contribution >= 4 is 5.97 Å². The number of carbonyl (C=O) groups is 1. The standard InChI is InChI=1S/C9H10FNO3.BrH/c10-7-2-1-6(12)3-5(7)4-8(11)9(13)14;/h1-3,8,12H,4,11H2,(H,13,14);1H. The first kappa shape index (κ1) is 13.9. The third-order valence-corrected chi connectivity index (χ3v) is 1.84. The van der Waals surface area contributed by atoms with Gasteiger partial charge in [-0.2, -0.15) is 0 Å². The van der Waals surface area contributed by atoms with Crippen LogP contribution < -0.4 is 22.7 Å². The average Bonchev–Trinajstić information content (AvgIpc) is 2.11. The predicted molar refractivity (Wildman–Crippen MR) is 46.1 cm³/mol. The van der Waals surface area contributed by atoms with Crippen molar-refractivity contribution in [3.63, 3.8) is 0 Å². The van der Waals surface area contributed by atoms with Crippen LogP contribution in [0.5, 0.6) is 5.75 Å². The van der Waals surface area contributed by atoms with E-state index in [1.165, 1.54) is 12.1 Å². The highest BCUT2D eigenvalue weighted by atomic mass is 79.9. The van der Waals surface area contributed by atoms with Crippen LogP contribution in [0.3, 0.4) is 0 Å². The number of carboxylic acids is 1. The molecule has 0 saturated carbocycles. The van der Waals surface area contributed by atoms with Gasteiger partial charge < -0.3 is 32.9 Å². The van der Waals surface area contributed by atoms with E-state index in [-0.39, 0.29) is 34.7 Å². The molecule has 0 aliphatic heterocycles. The quantitative estimate of drug-likeness (QED) is 0.544. The number of hydrogen-bond donors (Lipinski definition) is 3. The molecule has 0 amide bonds. The Kier molecular flexibility index (Phi) is 5.24. The van der Waals surface area contributed by atoms with Crippen molar-refractivity contribution in [3.8, 4) is 5.75 Å². The summed E-state index contributed by atoms with van der Waals surface area (Å²) in [5.74, 6) is -1.70. The van der Waals surface area contributed by atoms with E-state index in [2.05, 4.69) is 5.73 Å². The maximum Gasteiger partial charge on any atom is 0.362 e. The molecule has 1 atom stereocenters. The number of quaternary nitrogens is 1. The number of phenolic OH excluding ortho intramolecular Hbond substituents is 1. The minimum Gasteiger partial charge on any atom is -1.00 e. The highest BCUT2D eigenvalue weighted by Gasteiger charge is 2.18. The zero-order valence-electron chi connectivity index (χ0n) is 7.78. The molecule has 0 heterocycles. The number of halogens is 2. The number of carboxylic acid groups (broad SMARTS) is 1. The van der Waals surface area contributed by atoms with Crippen molar-refractivity contribution in [3.05, 3.63) is 29.6 Å². The SMILES string of the molecule is [Br-].[NH3+]C(Cc1cc(O)ccc1F)C(=O)O. The van der Waals surface area contributed by atoms with Crippen LogP contribution in [0.4, 0.5) is 4.39 Å². The molecule has 1 unspecified atom stereocenters. The van der Waals surface area contributed by atoms with Crippen LogP contribution in [0, 0.1) is 5.82 Å². The van der Waals surface area contributed by atoms with Crippen molar-refractivity contribution in [1.29, 1.82) is 0 Å². The largest absolute Gasteiger partial charge is 1.00 e. The molecule has 0 spiro atoms. The third-order valence-electron chi connectivity index (χ3n) is 1.84. The Morgan fingerprint density at radius 2 is 2.13 bits per heavy atom. The molecule has 4 nitrogen and oxygen atoms in total. The normalized spacial score (nSPS) is 11.6. The van der Waals surface area contributed by atoms with Gasteiger partial charge >= 0.3 is 5.97 Å². The molecule has 0 aromatic heterocycles. The molecule has 0 bridgehead atoms. The van der Waals surface area contributed by atoms with E-state index in [0.29, 0.717) is 0 Å². The summed E-state index contributed by atoms with van der Waals surface area (Å²) in [7, 11) is 0. The second-order valence-corrected chi connectivity index (χ2v) is 3.01. The van der Waals surface area contributed by atoms with Gasteiger partial charge in [-0.1, -0.05) is 0 Å². The van der Waals surface area contributed by atoms with Crippen LogP contribution in [0.1, 0.15) is 5.56 Å². The fourth-order valence-corrected chi connectivity index (χ4v) is 1.07. The number of phenols is 1. The van der Waals surface area contributed by atoms with Crippen molar-refractivity contribution in [2.45, 2.75) is 12.5 Å². The lowest BCUT2D eigenvalue weighted by atomic mass is 10.1. The highest BCUT2D eigenvalue weighted by molar-refractivity contribution is 5.71. The molecule has 0 aliphatic rings. The second-order valence-electron chi connectivity index (χ2n) is 3.01. The van der Waals surface area contributed by atoms with Crippen LogP contribution >= 0.6 is 0 Å². The van der Waals surface area contributed by atoms with E-state index < -0.39 is 17.8 Å². The molecule has 15 heavy (non-hydrogen) atoms. The Bertz CT molecular complexity index is 359. The zero-order chi connectivity index (χ0) is 10.7. The predicted octanol–water partition coefficient (Wildman–Crippen LogP) is -3.23. The molecule has 0 radical (unpaired) electrons. The summed E-state index contributed by atoms with van der Waals surface area (Å²) in [5.41, 5.74) is 3.52. The van der Waals surface area contributed by atoms with Gasteiger partial charge in [0.1, 0.15) is 11.6 Å². The van der Waals surface area contributed by atoms with E-state index in [9.17, 15) is 9.18 Å². The molecule has 1 aromatic rings. The number of aromatic hydroxyl groups is 1. The van der Waals surface area contributed by atoms with Crippen LogP contribution in [-0.2, 0) is 11.2 Å². The van der Waals surface area contributed by atoms with Crippen molar-refractivity contribution < 1.29 is 42.1 Å². The van der Waals surface area contributed by atoms with Gasteiger partial charge in [0.15, 0.2) is 6.04 Å². The fourth-order valence-electron chi connectivity index (χ4n) is 1.07. The molecule has 6 heteroatoms. The summed E-state index contributed by atoms with van der Waals surface area (Å²) in [6.07, 6.45) is -0.0322. The lowest BCUT2D eigenvalue weighted by Gasteiger charge is -2.05. The van der Waals surface area contributed by atoms with Crippen molar-refractivity contribution in [1.82, 2.24) is 0 Å².